The minimum Gasteiger partial charge on any atom is -0.320 e. The molecule has 2 aromatic rings. The van der Waals surface area contributed by atoms with Gasteiger partial charge < -0.3 is 11.1 Å². The van der Waals surface area contributed by atoms with Gasteiger partial charge in [0.1, 0.15) is 0 Å². The van der Waals surface area contributed by atoms with Crippen LogP contribution in [0.25, 0.3) is 0 Å². The summed E-state index contributed by atoms with van der Waals surface area (Å²) in [5, 5.41) is 2.85. The Hall–Kier alpha value is -1.80. The minimum atomic E-state index is -0.193. The number of benzene rings is 1. The third kappa shape index (κ3) is 3.61. The van der Waals surface area contributed by atoms with E-state index in [1.807, 2.05) is 25.1 Å². The maximum absolute atomic E-state index is 12.1. The molecule has 0 unspecified atom stereocenters. The van der Waals surface area contributed by atoms with Crippen LogP contribution in [0.3, 0.4) is 0 Å². The second-order valence-corrected chi connectivity index (χ2v) is 5.83. The summed E-state index contributed by atoms with van der Waals surface area (Å²) in [6.07, 6.45) is 0. The molecule has 0 saturated carbocycles. The summed E-state index contributed by atoms with van der Waals surface area (Å²) in [6.45, 7) is 2.25. The quantitative estimate of drug-likeness (QED) is 0.837. The fourth-order valence-electron chi connectivity index (χ4n) is 1.64. The highest BCUT2D eigenvalue weighted by atomic mass is 35.5. The Kier molecular flexibility index (Phi) is 4.80. The molecule has 1 aromatic heterocycles. The van der Waals surface area contributed by atoms with Crippen molar-refractivity contribution in [1.29, 1.82) is 0 Å². The molecule has 0 aliphatic rings. The number of nitrogens with two attached hydrogens (primary N) is 1. The number of carbonyl (C=O) groups is 1. The third-order valence-corrected chi connectivity index (χ3v) is 3.78. The fourth-order valence-corrected chi connectivity index (χ4v) is 2.58. The molecule has 3 N–H and O–H groups in total. The maximum Gasteiger partial charge on any atom is 0.265 e. The molecule has 1 amide bonds. The van der Waals surface area contributed by atoms with Crippen LogP contribution in [-0.2, 0) is 0 Å². The molecule has 5 heteroatoms. The van der Waals surface area contributed by atoms with E-state index in [0.717, 1.165) is 11.1 Å². The lowest BCUT2D eigenvalue weighted by Gasteiger charge is -2.07. The van der Waals surface area contributed by atoms with Gasteiger partial charge in [-0.1, -0.05) is 29.5 Å². The number of hydrogen-bond acceptors (Lipinski definition) is 3. The molecule has 1 heterocycles. The SMILES string of the molecule is Cc1ccc(NC(=O)c2ccc(Cl)s2)c(C#CCN)c1. The topological polar surface area (TPSA) is 55.1 Å². The summed E-state index contributed by atoms with van der Waals surface area (Å²) in [7, 11) is 0. The zero-order valence-corrected chi connectivity index (χ0v) is 12.4. The van der Waals surface area contributed by atoms with Gasteiger partial charge in [-0.2, -0.15) is 0 Å². The van der Waals surface area contributed by atoms with Crippen LogP contribution in [-0.4, -0.2) is 12.5 Å². The highest BCUT2D eigenvalue weighted by Crippen LogP contribution is 2.23. The Balaban J connectivity index is 2.26. The molecular weight excluding hydrogens is 292 g/mol. The summed E-state index contributed by atoms with van der Waals surface area (Å²) in [4.78, 5) is 12.7. The van der Waals surface area contributed by atoms with E-state index in [-0.39, 0.29) is 12.5 Å². The Labute approximate surface area is 126 Å². The summed E-state index contributed by atoms with van der Waals surface area (Å²) in [5.41, 5.74) is 7.89. The predicted molar refractivity (Wildman–Crippen MR) is 84.4 cm³/mol. The first-order chi connectivity index (χ1) is 9.60. The monoisotopic (exact) mass is 304 g/mol. The van der Waals surface area contributed by atoms with Crippen molar-refractivity contribution in [3.63, 3.8) is 0 Å². The number of rotatable bonds is 2. The predicted octanol–water partition coefficient (Wildman–Crippen LogP) is 3.27. The molecule has 1 aromatic carbocycles. The van der Waals surface area contributed by atoms with Crippen LogP contribution >= 0.6 is 22.9 Å². The summed E-state index contributed by atoms with van der Waals surface area (Å²) in [5.74, 6) is 5.57. The zero-order valence-electron chi connectivity index (χ0n) is 10.9. The van der Waals surface area contributed by atoms with E-state index in [9.17, 15) is 4.79 Å². The average Bonchev–Trinajstić information content (AvgIpc) is 2.85. The van der Waals surface area contributed by atoms with Gasteiger partial charge in [-0.3, -0.25) is 4.79 Å². The molecule has 20 heavy (non-hydrogen) atoms. The van der Waals surface area contributed by atoms with Crippen molar-refractivity contribution in [3.05, 3.63) is 50.7 Å². The summed E-state index contributed by atoms with van der Waals surface area (Å²) in [6, 6.07) is 9.07. The van der Waals surface area contributed by atoms with Crippen molar-refractivity contribution in [3.8, 4) is 11.8 Å². The zero-order chi connectivity index (χ0) is 14.5. The van der Waals surface area contributed by atoms with E-state index in [4.69, 9.17) is 17.3 Å². The van der Waals surface area contributed by atoms with Gasteiger partial charge in [0.05, 0.1) is 21.4 Å². The van der Waals surface area contributed by atoms with Gasteiger partial charge in [-0.05, 0) is 36.8 Å². The van der Waals surface area contributed by atoms with E-state index >= 15 is 0 Å². The fraction of sp³-hybridized carbons (Fsp3) is 0.133. The Morgan fingerprint density at radius 2 is 2.20 bits per heavy atom. The van der Waals surface area contributed by atoms with Crippen LogP contribution in [0.15, 0.2) is 30.3 Å². The maximum atomic E-state index is 12.1. The van der Waals surface area contributed by atoms with Crippen LogP contribution in [0, 0.1) is 18.8 Å². The van der Waals surface area contributed by atoms with Gasteiger partial charge in [-0.15, -0.1) is 11.3 Å². The van der Waals surface area contributed by atoms with Crippen molar-refractivity contribution >= 4 is 34.5 Å². The molecular formula is C15H13ClN2OS. The normalized spacial score (nSPS) is 9.75. The number of amides is 1. The van der Waals surface area contributed by atoms with Crippen LogP contribution < -0.4 is 11.1 Å². The van der Waals surface area contributed by atoms with E-state index < -0.39 is 0 Å². The lowest BCUT2D eigenvalue weighted by molar-refractivity contribution is 0.103. The Morgan fingerprint density at radius 3 is 2.85 bits per heavy atom. The van der Waals surface area contributed by atoms with Crippen molar-refractivity contribution < 1.29 is 4.79 Å². The van der Waals surface area contributed by atoms with Crippen LogP contribution in [0.5, 0.6) is 0 Å². The summed E-state index contributed by atoms with van der Waals surface area (Å²) >= 11 is 7.07. The molecule has 0 saturated heterocycles. The molecule has 0 fully saturated rings. The molecule has 0 radical (unpaired) electrons. The molecule has 0 spiro atoms. The first-order valence-electron chi connectivity index (χ1n) is 5.96. The van der Waals surface area contributed by atoms with E-state index in [2.05, 4.69) is 17.2 Å². The van der Waals surface area contributed by atoms with Gasteiger partial charge in [0.25, 0.3) is 5.91 Å². The molecule has 3 nitrogen and oxygen atoms in total. The molecule has 0 bridgehead atoms. The minimum absolute atomic E-state index is 0.193. The third-order valence-electron chi connectivity index (χ3n) is 2.55. The number of thiophene rings is 1. The number of anilines is 1. The molecule has 102 valence electrons. The van der Waals surface area contributed by atoms with Crippen LogP contribution in [0.1, 0.15) is 20.8 Å². The first-order valence-corrected chi connectivity index (χ1v) is 7.16. The first kappa shape index (κ1) is 14.6. The Bertz CT molecular complexity index is 697. The second-order valence-electron chi connectivity index (χ2n) is 4.11. The molecule has 2 rings (SSSR count). The van der Waals surface area contributed by atoms with Gasteiger partial charge in [-0.25, -0.2) is 0 Å². The van der Waals surface area contributed by atoms with Crippen LogP contribution in [0.4, 0.5) is 5.69 Å². The lowest BCUT2D eigenvalue weighted by Crippen LogP contribution is -2.11. The Morgan fingerprint density at radius 1 is 1.40 bits per heavy atom. The molecule has 0 aliphatic carbocycles. The van der Waals surface area contributed by atoms with Gasteiger partial charge >= 0.3 is 0 Å². The van der Waals surface area contributed by atoms with E-state index in [1.165, 1.54) is 11.3 Å². The van der Waals surface area contributed by atoms with E-state index in [0.29, 0.717) is 14.9 Å². The molecule has 0 aliphatic heterocycles. The van der Waals surface area contributed by atoms with Gasteiger partial charge in [0.15, 0.2) is 0 Å². The number of nitrogens with one attached hydrogen (secondary N) is 1. The highest BCUT2D eigenvalue weighted by Gasteiger charge is 2.10. The summed E-state index contributed by atoms with van der Waals surface area (Å²) < 4.78 is 0.585. The van der Waals surface area contributed by atoms with Crippen molar-refractivity contribution in [1.82, 2.24) is 0 Å². The van der Waals surface area contributed by atoms with Gasteiger partial charge in [0, 0.05) is 5.56 Å². The van der Waals surface area contributed by atoms with Gasteiger partial charge in [0.2, 0.25) is 0 Å². The highest BCUT2D eigenvalue weighted by molar-refractivity contribution is 7.18. The van der Waals surface area contributed by atoms with Crippen LogP contribution in [0.2, 0.25) is 4.34 Å². The second kappa shape index (κ2) is 6.58. The van der Waals surface area contributed by atoms with Crippen molar-refractivity contribution in [2.45, 2.75) is 6.92 Å². The van der Waals surface area contributed by atoms with Crippen molar-refractivity contribution in [2.75, 3.05) is 11.9 Å². The average molecular weight is 305 g/mol. The lowest BCUT2D eigenvalue weighted by atomic mass is 10.1. The number of aryl methyl sites for hydroxylation is 1. The van der Waals surface area contributed by atoms with E-state index in [1.54, 1.807) is 12.1 Å². The number of halogens is 1. The number of carbonyl (C=O) groups excluding carboxylic acids is 1. The number of hydrogen-bond donors (Lipinski definition) is 2. The molecule has 0 atom stereocenters. The largest absolute Gasteiger partial charge is 0.320 e. The standard InChI is InChI=1S/C15H13ClN2OS/c1-10-4-5-12(11(9-10)3-2-8-17)18-15(19)13-6-7-14(16)20-13/h4-7,9H,8,17H2,1H3,(H,18,19). The smallest absolute Gasteiger partial charge is 0.265 e. The van der Waals surface area contributed by atoms with Crippen molar-refractivity contribution in [2.24, 2.45) is 5.73 Å².